The number of rotatable bonds is 4. The Morgan fingerprint density at radius 1 is 1.27 bits per heavy atom. The molecule has 4 heterocycles. The third kappa shape index (κ3) is 4.26. The predicted molar refractivity (Wildman–Crippen MR) is 115 cm³/mol. The second-order valence-electron chi connectivity index (χ2n) is 6.66. The number of hydrogen-bond acceptors (Lipinski definition) is 8. The predicted octanol–water partition coefficient (Wildman–Crippen LogP) is 2.63. The van der Waals surface area contributed by atoms with Gasteiger partial charge >= 0.3 is 0 Å². The van der Waals surface area contributed by atoms with Crippen molar-refractivity contribution in [2.75, 3.05) is 6.26 Å². The highest BCUT2D eigenvalue weighted by molar-refractivity contribution is 9.10. The Morgan fingerprint density at radius 3 is 2.90 bits per heavy atom. The molecule has 3 aromatic rings. The van der Waals surface area contributed by atoms with Crippen LogP contribution in [0.15, 0.2) is 45.3 Å². The highest BCUT2D eigenvalue weighted by atomic mass is 79.9. The average molecular weight is 488 g/mol. The summed E-state index contributed by atoms with van der Waals surface area (Å²) in [5.41, 5.74) is 1.10. The fraction of sp³-hybridized carbons (Fsp3) is 0.316. The van der Waals surface area contributed by atoms with Gasteiger partial charge in [0.1, 0.15) is 17.8 Å². The van der Waals surface area contributed by atoms with Crippen molar-refractivity contribution in [2.45, 2.75) is 37.0 Å². The molecule has 9 nitrogen and oxygen atoms in total. The molecule has 0 aromatic carbocycles. The lowest BCUT2D eigenvalue weighted by atomic mass is 10.1. The summed E-state index contributed by atoms with van der Waals surface area (Å²) in [6.45, 7) is 0.561. The fourth-order valence-electron chi connectivity index (χ4n) is 3.31. The van der Waals surface area contributed by atoms with Gasteiger partial charge in [0.2, 0.25) is 0 Å². The Kier molecular flexibility index (Phi) is 6.18. The van der Waals surface area contributed by atoms with Crippen molar-refractivity contribution in [3.63, 3.8) is 0 Å². The molecule has 0 bridgehead atoms. The summed E-state index contributed by atoms with van der Waals surface area (Å²) < 4.78 is 2.14. The molecule has 1 aliphatic rings. The molecule has 0 saturated heterocycles. The summed E-state index contributed by atoms with van der Waals surface area (Å²) in [7, 11) is 0. The minimum atomic E-state index is -0.422. The molecule has 1 amide bonds. The maximum absolute atomic E-state index is 13.0. The largest absolute Gasteiger partial charge is 0.341 e. The van der Waals surface area contributed by atoms with Crippen LogP contribution >= 0.6 is 27.7 Å². The first-order valence-electron chi connectivity index (χ1n) is 9.32. The van der Waals surface area contributed by atoms with Gasteiger partial charge in [0.05, 0.1) is 21.9 Å². The van der Waals surface area contributed by atoms with Gasteiger partial charge in [-0.3, -0.25) is 14.2 Å². The minimum absolute atomic E-state index is 0.164. The van der Waals surface area contributed by atoms with Gasteiger partial charge < -0.3 is 5.32 Å². The summed E-state index contributed by atoms with van der Waals surface area (Å²) in [6.07, 6.45) is 8.78. The van der Waals surface area contributed by atoms with Gasteiger partial charge in [-0.2, -0.15) is 0 Å². The first-order chi connectivity index (χ1) is 14.6. The number of aromatic nitrogens is 6. The van der Waals surface area contributed by atoms with Crippen LogP contribution in [-0.2, 0) is 6.54 Å². The number of nitrogens with zero attached hydrogens (tertiary/aromatic N) is 6. The summed E-state index contributed by atoms with van der Waals surface area (Å²) in [6, 6.07) is 2.75. The van der Waals surface area contributed by atoms with E-state index in [0.29, 0.717) is 39.8 Å². The number of hydrogen-bond donors (Lipinski definition) is 1. The van der Waals surface area contributed by atoms with Crippen molar-refractivity contribution >= 4 is 33.6 Å². The zero-order chi connectivity index (χ0) is 21.1. The van der Waals surface area contributed by atoms with Crippen LogP contribution < -0.4 is 10.9 Å². The van der Waals surface area contributed by atoms with Crippen molar-refractivity contribution in [3.05, 3.63) is 57.2 Å². The quantitative estimate of drug-likeness (QED) is 0.440. The molecule has 11 heteroatoms. The Morgan fingerprint density at radius 2 is 2.13 bits per heavy atom. The third-order valence-electron chi connectivity index (χ3n) is 4.74. The Hall–Kier alpha value is -2.66. The fourth-order valence-corrected chi connectivity index (χ4v) is 4.02. The zero-order valence-corrected chi connectivity index (χ0v) is 18.5. The maximum Gasteiger partial charge on any atom is 0.271 e. The molecule has 30 heavy (non-hydrogen) atoms. The smallest absolute Gasteiger partial charge is 0.271 e. The van der Waals surface area contributed by atoms with Crippen molar-refractivity contribution in [1.82, 2.24) is 34.8 Å². The van der Waals surface area contributed by atoms with E-state index >= 15 is 0 Å². The molecule has 1 unspecified atom stereocenters. The molecule has 154 valence electrons. The van der Waals surface area contributed by atoms with Gasteiger partial charge in [0.25, 0.3) is 11.5 Å². The normalized spacial score (nSPS) is 15.9. The Bertz CT molecular complexity index is 1140. The van der Waals surface area contributed by atoms with Crippen LogP contribution in [0, 0.1) is 0 Å². The molecular formula is C19H18BrN7O2S. The molecule has 0 fully saturated rings. The monoisotopic (exact) mass is 487 g/mol. The zero-order valence-electron chi connectivity index (χ0n) is 16.1. The molecule has 4 rings (SSSR count). The molecular weight excluding hydrogens is 470 g/mol. The molecule has 1 atom stereocenters. The number of nitrogens with one attached hydrogen (secondary N) is 1. The van der Waals surface area contributed by atoms with E-state index in [1.807, 2.05) is 6.26 Å². The summed E-state index contributed by atoms with van der Waals surface area (Å²) >= 11 is 4.70. The first-order valence-corrected chi connectivity index (χ1v) is 11.3. The number of carbonyl (C=O) groups excluding carboxylic acids is 1. The van der Waals surface area contributed by atoms with Gasteiger partial charge in [0, 0.05) is 25.0 Å². The van der Waals surface area contributed by atoms with Crippen molar-refractivity contribution < 1.29 is 4.79 Å². The number of amides is 1. The van der Waals surface area contributed by atoms with E-state index in [-0.39, 0.29) is 17.2 Å². The lowest BCUT2D eigenvalue weighted by Crippen LogP contribution is -2.34. The van der Waals surface area contributed by atoms with E-state index in [1.54, 1.807) is 23.0 Å². The highest BCUT2D eigenvalue weighted by Crippen LogP contribution is 2.25. The van der Waals surface area contributed by atoms with Crippen LogP contribution in [0.25, 0.3) is 11.4 Å². The average Bonchev–Trinajstić information content (AvgIpc) is 2.97. The van der Waals surface area contributed by atoms with E-state index in [0.717, 1.165) is 12.8 Å². The van der Waals surface area contributed by atoms with Crippen LogP contribution in [0.1, 0.15) is 41.6 Å². The lowest BCUT2D eigenvalue weighted by Gasteiger charge is -2.19. The van der Waals surface area contributed by atoms with E-state index in [9.17, 15) is 9.59 Å². The summed E-state index contributed by atoms with van der Waals surface area (Å²) in [5, 5.41) is 3.51. The van der Waals surface area contributed by atoms with E-state index in [1.165, 1.54) is 24.2 Å². The van der Waals surface area contributed by atoms with E-state index in [2.05, 4.69) is 41.2 Å². The van der Waals surface area contributed by atoms with Gasteiger partial charge in [-0.1, -0.05) is 11.8 Å². The van der Waals surface area contributed by atoms with Crippen LogP contribution in [0.3, 0.4) is 0 Å². The lowest BCUT2D eigenvalue weighted by molar-refractivity contribution is 0.0925. The van der Waals surface area contributed by atoms with Crippen LogP contribution in [0.2, 0.25) is 0 Å². The number of thioether (sulfide) groups is 1. The number of halogens is 1. The van der Waals surface area contributed by atoms with Crippen LogP contribution in [0.4, 0.5) is 0 Å². The number of carbonyl (C=O) groups is 1. The molecule has 0 aliphatic carbocycles. The third-order valence-corrected chi connectivity index (χ3v) is 5.89. The second kappa shape index (κ2) is 9.00. The second-order valence-corrected chi connectivity index (χ2v) is 8.29. The Balaban J connectivity index is 1.71. The molecule has 3 aromatic heterocycles. The molecule has 1 N–H and O–H groups in total. The van der Waals surface area contributed by atoms with E-state index in [4.69, 9.17) is 4.98 Å². The minimum Gasteiger partial charge on any atom is -0.341 e. The molecule has 1 aliphatic heterocycles. The van der Waals surface area contributed by atoms with Crippen molar-refractivity contribution in [2.24, 2.45) is 0 Å². The van der Waals surface area contributed by atoms with Crippen molar-refractivity contribution in [3.8, 4) is 11.4 Å². The van der Waals surface area contributed by atoms with Crippen molar-refractivity contribution in [1.29, 1.82) is 0 Å². The van der Waals surface area contributed by atoms with Gasteiger partial charge in [-0.05, 0) is 47.5 Å². The highest BCUT2D eigenvalue weighted by Gasteiger charge is 2.26. The maximum atomic E-state index is 13.0. The topological polar surface area (TPSA) is 116 Å². The SMILES string of the molecule is CSc1ncc(Br)c(C(=O)NC2CCCCn3c2nc(-c2ccncn2)cc3=O)n1. The summed E-state index contributed by atoms with van der Waals surface area (Å²) in [4.78, 5) is 47.0. The molecule has 0 radical (unpaired) electrons. The molecule has 0 saturated carbocycles. The first kappa shape index (κ1) is 20.6. The van der Waals surface area contributed by atoms with Crippen LogP contribution in [-0.4, -0.2) is 41.6 Å². The van der Waals surface area contributed by atoms with Gasteiger partial charge in [0.15, 0.2) is 5.16 Å². The van der Waals surface area contributed by atoms with E-state index < -0.39 is 6.04 Å². The Labute approximate surface area is 184 Å². The van der Waals surface area contributed by atoms with Gasteiger partial charge in [-0.25, -0.2) is 24.9 Å². The standard InChI is InChI=1S/C19H18BrN7O2S/c1-30-19-22-9-11(20)16(26-19)18(29)25-13-4-2-3-7-27-15(28)8-14(24-17(13)27)12-5-6-21-10-23-12/h5-6,8-10,13H,2-4,7H2,1H3,(H,25,29). The molecule has 0 spiro atoms. The number of fused-ring (bicyclic) bond motifs is 1. The summed E-state index contributed by atoms with van der Waals surface area (Å²) in [5.74, 6) is 0.178. The van der Waals surface area contributed by atoms with Crippen LogP contribution in [0.5, 0.6) is 0 Å². The van der Waals surface area contributed by atoms with Gasteiger partial charge in [-0.15, -0.1) is 0 Å².